The minimum absolute atomic E-state index is 0.457. The van der Waals surface area contributed by atoms with E-state index >= 15 is 0 Å². The first kappa shape index (κ1) is 13.3. The Hall–Kier alpha value is -1.09. The number of halogens is 1. The summed E-state index contributed by atoms with van der Waals surface area (Å²) in [6.07, 6.45) is 7.33. The third kappa shape index (κ3) is 3.02. The van der Waals surface area contributed by atoms with E-state index in [-0.39, 0.29) is 0 Å². The van der Waals surface area contributed by atoms with Gasteiger partial charge < -0.3 is 4.57 Å². The summed E-state index contributed by atoms with van der Waals surface area (Å²) in [7, 11) is 0. The minimum Gasteiger partial charge on any atom is -0.327 e. The molecule has 0 atom stereocenters. The molecule has 2 heterocycles. The van der Waals surface area contributed by atoms with Crippen LogP contribution in [-0.4, -0.2) is 14.5 Å². The second-order valence-electron chi connectivity index (χ2n) is 5.07. The highest BCUT2D eigenvalue weighted by molar-refractivity contribution is 6.16. The molecule has 0 saturated carbocycles. The van der Waals surface area contributed by atoms with Crippen molar-refractivity contribution in [2.75, 3.05) is 0 Å². The van der Waals surface area contributed by atoms with Gasteiger partial charge in [0.2, 0.25) is 0 Å². The van der Waals surface area contributed by atoms with Gasteiger partial charge in [-0.2, -0.15) is 0 Å². The number of alkyl halides is 1. The summed E-state index contributed by atoms with van der Waals surface area (Å²) in [5, 5.41) is 0. The lowest BCUT2D eigenvalue weighted by Gasteiger charge is -2.08. The van der Waals surface area contributed by atoms with Gasteiger partial charge >= 0.3 is 0 Å². The highest BCUT2D eigenvalue weighted by Gasteiger charge is 2.09. The van der Waals surface area contributed by atoms with Crippen molar-refractivity contribution in [3.63, 3.8) is 0 Å². The number of hydrogen-bond donors (Lipinski definition) is 0. The molecule has 0 saturated heterocycles. The molecule has 2 rings (SSSR count). The zero-order valence-corrected chi connectivity index (χ0v) is 11.8. The van der Waals surface area contributed by atoms with E-state index in [1.54, 1.807) is 6.20 Å². The van der Waals surface area contributed by atoms with Crippen molar-refractivity contribution in [3.05, 3.63) is 24.3 Å². The van der Waals surface area contributed by atoms with Crippen molar-refractivity contribution >= 4 is 22.6 Å². The first-order chi connectivity index (χ1) is 8.72. The van der Waals surface area contributed by atoms with Gasteiger partial charge in [-0.3, -0.25) is 4.98 Å². The summed E-state index contributed by atoms with van der Waals surface area (Å²) in [4.78, 5) is 8.62. The number of imidazole rings is 1. The van der Waals surface area contributed by atoms with Gasteiger partial charge in [0, 0.05) is 12.7 Å². The van der Waals surface area contributed by atoms with Crippen LogP contribution in [0, 0.1) is 5.92 Å². The molecule has 0 amide bonds. The van der Waals surface area contributed by atoms with Gasteiger partial charge in [-0.15, -0.1) is 11.6 Å². The van der Waals surface area contributed by atoms with Crippen molar-refractivity contribution in [2.45, 2.75) is 45.5 Å². The Balaban J connectivity index is 2.10. The van der Waals surface area contributed by atoms with Gasteiger partial charge in [-0.25, -0.2) is 4.98 Å². The molecular formula is C14H20ClN3. The Morgan fingerprint density at radius 2 is 2.17 bits per heavy atom. The molecule has 98 valence electrons. The monoisotopic (exact) mass is 265 g/mol. The summed E-state index contributed by atoms with van der Waals surface area (Å²) in [5.74, 6) is 2.18. The maximum absolute atomic E-state index is 5.96. The molecule has 0 unspecified atom stereocenters. The van der Waals surface area contributed by atoms with Gasteiger partial charge in [-0.05, 0) is 18.4 Å². The van der Waals surface area contributed by atoms with Crippen molar-refractivity contribution in [2.24, 2.45) is 5.92 Å². The molecule has 3 nitrogen and oxygen atoms in total. The van der Waals surface area contributed by atoms with E-state index < -0.39 is 0 Å². The maximum atomic E-state index is 5.96. The Morgan fingerprint density at radius 1 is 1.33 bits per heavy atom. The molecule has 4 heteroatoms. The molecule has 2 aromatic rings. The average molecular weight is 266 g/mol. The summed E-state index contributed by atoms with van der Waals surface area (Å²) in [5.41, 5.74) is 2.09. The Morgan fingerprint density at radius 3 is 2.89 bits per heavy atom. The lowest BCUT2D eigenvalue weighted by molar-refractivity contribution is 0.509. The SMILES string of the molecule is CC(C)CCCCn1c(CCl)nc2cnccc21. The predicted molar refractivity (Wildman–Crippen MR) is 75.8 cm³/mol. The second kappa shape index (κ2) is 6.19. The minimum atomic E-state index is 0.457. The van der Waals surface area contributed by atoms with Crippen molar-refractivity contribution in [1.82, 2.24) is 14.5 Å². The number of aryl methyl sites for hydroxylation is 1. The smallest absolute Gasteiger partial charge is 0.124 e. The van der Waals surface area contributed by atoms with Gasteiger partial charge in [0.1, 0.15) is 11.3 Å². The largest absolute Gasteiger partial charge is 0.327 e. The van der Waals surface area contributed by atoms with Crippen LogP contribution in [0.1, 0.15) is 38.9 Å². The van der Waals surface area contributed by atoms with E-state index in [0.717, 1.165) is 29.3 Å². The van der Waals surface area contributed by atoms with Crippen LogP contribution in [0.25, 0.3) is 11.0 Å². The molecule has 0 spiro atoms. The van der Waals surface area contributed by atoms with Crippen LogP contribution in [0.15, 0.2) is 18.5 Å². The van der Waals surface area contributed by atoms with Gasteiger partial charge in [0.25, 0.3) is 0 Å². The third-order valence-corrected chi connectivity index (χ3v) is 3.40. The molecule has 0 aliphatic carbocycles. The van der Waals surface area contributed by atoms with Gasteiger partial charge in [-0.1, -0.05) is 26.7 Å². The molecule has 0 aromatic carbocycles. The van der Waals surface area contributed by atoms with Crippen LogP contribution in [0.4, 0.5) is 0 Å². The topological polar surface area (TPSA) is 30.7 Å². The maximum Gasteiger partial charge on any atom is 0.124 e. The van der Waals surface area contributed by atoms with Crippen LogP contribution < -0.4 is 0 Å². The number of fused-ring (bicyclic) bond motifs is 1. The first-order valence-electron chi connectivity index (χ1n) is 6.57. The molecule has 0 fully saturated rings. The lowest BCUT2D eigenvalue weighted by Crippen LogP contribution is -2.03. The fourth-order valence-corrected chi connectivity index (χ4v) is 2.41. The zero-order chi connectivity index (χ0) is 13.0. The standard InChI is InChI=1S/C14H20ClN3/c1-11(2)5-3-4-8-18-13-6-7-16-10-12(13)17-14(18)9-15/h6-7,10-11H,3-5,8-9H2,1-2H3. The van der Waals surface area contributed by atoms with Crippen LogP contribution in [0.5, 0.6) is 0 Å². The quantitative estimate of drug-likeness (QED) is 0.584. The van der Waals surface area contributed by atoms with Crippen molar-refractivity contribution in [3.8, 4) is 0 Å². The third-order valence-electron chi connectivity index (χ3n) is 3.16. The Bertz CT molecular complexity index is 505. The highest BCUT2D eigenvalue weighted by atomic mass is 35.5. The van der Waals surface area contributed by atoms with Crippen molar-refractivity contribution in [1.29, 1.82) is 0 Å². The molecular weight excluding hydrogens is 246 g/mol. The Labute approximate surface area is 113 Å². The number of aromatic nitrogens is 3. The summed E-state index contributed by atoms with van der Waals surface area (Å²) < 4.78 is 2.23. The fraction of sp³-hybridized carbons (Fsp3) is 0.571. The van der Waals surface area contributed by atoms with Crippen LogP contribution in [0.3, 0.4) is 0 Å². The van der Waals surface area contributed by atoms with Crippen LogP contribution in [-0.2, 0) is 12.4 Å². The number of nitrogens with zero attached hydrogens (tertiary/aromatic N) is 3. The lowest BCUT2D eigenvalue weighted by atomic mass is 10.1. The van der Waals surface area contributed by atoms with Crippen LogP contribution >= 0.6 is 11.6 Å². The Kier molecular flexibility index (Phi) is 4.59. The number of rotatable bonds is 6. The van der Waals surface area contributed by atoms with E-state index in [0.29, 0.717) is 5.88 Å². The first-order valence-corrected chi connectivity index (χ1v) is 7.11. The van der Waals surface area contributed by atoms with Crippen LogP contribution in [0.2, 0.25) is 0 Å². The molecule has 0 radical (unpaired) electrons. The normalized spacial score (nSPS) is 11.6. The fourth-order valence-electron chi connectivity index (χ4n) is 2.21. The molecule has 0 aliphatic rings. The second-order valence-corrected chi connectivity index (χ2v) is 5.33. The number of pyridine rings is 1. The summed E-state index contributed by atoms with van der Waals surface area (Å²) in [6.45, 7) is 5.53. The van der Waals surface area contributed by atoms with Gasteiger partial charge in [0.15, 0.2) is 0 Å². The molecule has 2 aromatic heterocycles. The molecule has 18 heavy (non-hydrogen) atoms. The highest BCUT2D eigenvalue weighted by Crippen LogP contribution is 2.18. The van der Waals surface area contributed by atoms with Gasteiger partial charge in [0.05, 0.1) is 17.6 Å². The number of hydrogen-bond acceptors (Lipinski definition) is 2. The average Bonchev–Trinajstić information content (AvgIpc) is 2.72. The predicted octanol–water partition coefficient (Wildman–Crippen LogP) is 4.00. The zero-order valence-electron chi connectivity index (χ0n) is 11.1. The number of unbranched alkanes of at least 4 members (excludes halogenated alkanes) is 1. The summed E-state index contributed by atoms with van der Waals surface area (Å²) >= 11 is 5.96. The summed E-state index contributed by atoms with van der Waals surface area (Å²) in [6, 6.07) is 2.01. The molecule has 0 aliphatic heterocycles. The van der Waals surface area contributed by atoms with E-state index in [1.165, 1.54) is 19.3 Å². The van der Waals surface area contributed by atoms with E-state index in [4.69, 9.17) is 11.6 Å². The van der Waals surface area contributed by atoms with Crippen molar-refractivity contribution < 1.29 is 0 Å². The van der Waals surface area contributed by atoms with E-state index in [1.807, 2.05) is 12.3 Å². The van der Waals surface area contributed by atoms with E-state index in [2.05, 4.69) is 28.4 Å². The van der Waals surface area contributed by atoms with E-state index in [9.17, 15) is 0 Å². The molecule has 0 N–H and O–H groups in total. The molecule has 0 bridgehead atoms.